The number of ether oxygens (including phenoxy) is 2. The Morgan fingerprint density at radius 1 is 1.45 bits per heavy atom. The fourth-order valence-electron chi connectivity index (χ4n) is 1.01. The molecule has 0 radical (unpaired) electrons. The molecule has 0 unspecified atom stereocenters. The Balaban J connectivity index is 2.21. The van der Waals surface area contributed by atoms with Crippen molar-refractivity contribution in [1.82, 2.24) is 0 Å². The molecule has 4 heteroatoms. The summed E-state index contributed by atoms with van der Waals surface area (Å²) >= 11 is 5.08. The molecule has 11 heavy (non-hydrogen) atoms. The predicted octanol–water partition coefficient (Wildman–Crippen LogP) is 2.56. The highest BCUT2D eigenvalue weighted by molar-refractivity contribution is 9.11. The molecular weight excluding hydrogens is 228 g/mol. The number of hydrogen-bond donors (Lipinski definition) is 0. The lowest BCUT2D eigenvalue weighted by Crippen LogP contribution is -1.95. The van der Waals surface area contributed by atoms with E-state index in [4.69, 9.17) is 9.47 Å². The Bertz CT molecular complexity index is 242. The molecule has 2 heterocycles. The van der Waals surface area contributed by atoms with Gasteiger partial charge in [0.1, 0.15) is 0 Å². The van der Waals surface area contributed by atoms with Crippen molar-refractivity contribution in [2.75, 3.05) is 13.2 Å². The van der Waals surface area contributed by atoms with Crippen LogP contribution >= 0.6 is 27.3 Å². The lowest BCUT2D eigenvalue weighted by atomic mass is 10.3. The lowest BCUT2D eigenvalue weighted by molar-refractivity contribution is -0.0442. The molecule has 0 aromatic carbocycles. The van der Waals surface area contributed by atoms with E-state index in [1.165, 1.54) is 0 Å². The molecule has 0 saturated carbocycles. The van der Waals surface area contributed by atoms with Crippen molar-refractivity contribution in [3.63, 3.8) is 0 Å². The number of hydrogen-bond acceptors (Lipinski definition) is 3. The van der Waals surface area contributed by atoms with Crippen LogP contribution in [0.4, 0.5) is 0 Å². The minimum absolute atomic E-state index is 0.143. The number of rotatable bonds is 1. The van der Waals surface area contributed by atoms with Crippen LogP contribution in [0, 0.1) is 0 Å². The van der Waals surface area contributed by atoms with E-state index in [2.05, 4.69) is 15.9 Å². The van der Waals surface area contributed by atoms with Gasteiger partial charge in [0.25, 0.3) is 0 Å². The van der Waals surface area contributed by atoms with Gasteiger partial charge in [-0.15, -0.1) is 11.3 Å². The zero-order valence-corrected chi connectivity index (χ0v) is 8.15. The maximum absolute atomic E-state index is 5.33. The van der Waals surface area contributed by atoms with E-state index in [1.807, 2.05) is 11.4 Å². The first-order valence-corrected chi connectivity index (χ1v) is 5.01. The van der Waals surface area contributed by atoms with Crippen LogP contribution in [0.2, 0.25) is 0 Å². The molecular formula is C7H7BrO2S. The summed E-state index contributed by atoms with van der Waals surface area (Å²) in [5.74, 6) is 0. The Morgan fingerprint density at radius 2 is 2.18 bits per heavy atom. The summed E-state index contributed by atoms with van der Waals surface area (Å²) in [5.41, 5.74) is 1.10. The van der Waals surface area contributed by atoms with Gasteiger partial charge in [-0.2, -0.15) is 0 Å². The third-order valence-electron chi connectivity index (χ3n) is 1.52. The van der Waals surface area contributed by atoms with Gasteiger partial charge < -0.3 is 9.47 Å². The summed E-state index contributed by atoms with van der Waals surface area (Å²) in [5, 5.41) is 2.02. The second kappa shape index (κ2) is 3.23. The molecule has 0 aliphatic carbocycles. The van der Waals surface area contributed by atoms with Gasteiger partial charge in [-0.05, 0) is 27.4 Å². The van der Waals surface area contributed by atoms with Crippen LogP contribution < -0.4 is 0 Å². The topological polar surface area (TPSA) is 18.5 Å². The van der Waals surface area contributed by atoms with Crippen molar-refractivity contribution in [3.8, 4) is 0 Å². The fraction of sp³-hybridized carbons (Fsp3) is 0.429. The minimum Gasteiger partial charge on any atom is -0.346 e. The van der Waals surface area contributed by atoms with E-state index < -0.39 is 0 Å². The van der Waals surface area contributed by atoms with Gasteiger partial charge in [-0.25, -0.2) is 0 Å². The highest BCUT2D eigenvalue weighted by Gasteiger charge is 2.20. The van der Waals surface area contributed by atoms with E-state index >= 15 is 0 Å². The molecule has 60 valence electrons. The Kier molecular flexibility index (Phi) is 2.27. The van der Waals surface area contributed by atoms with Gasteiger partial charge in [0, 0.05) is 5.56 Å². The van der Waals surface area contributed by atoms with Crippen molar-refractivity contribution in [2.24, 2.45) is 0 Å². The van der Waals surface area contributed by atoms with E-state index in [0.717, 1.165) is 9.35 Å². The zero-order chi connectivity index (χ0) is 7.68. The zero-order valence-electron chi connectivity index (χ0n) is 5.75. The van der Waals surface area contributed by atoms with Crippen molar-refractivity contribution in [2.45, 2.75) is 6.29 Å². The Hall–Kier alpha value is 0.1000. The summed E-state index contributed by atoms with van der Waals surface area (Å²) in [6, 6.07) is 2.02. The number of thiophene rings is 1. The summed E-state index contributed by atoms with van der Waals surface area (Å²) < 4.78 is 11.8. The molecule has 1 aliphatic heterocycles. The average Bonchev–Trinajstić information content (AvgIpc) is 2.55. The summed E-state index contributed by atoms with van der Waals surface area (Å²) in [6.07, 6.45) is -0.143. The predicted molar refractivity (Wildman–Crippen MR) is 46.7 cm³/mol. The van der Waals surface area contributed by atoms with Crippen LogP contribution in [0.15, 0.2) is 15.2 Å². The maximum atomic E-state index is 5.33. The van der Waals surface area contributed by atoms with E-state index in [9.17, 15) is 0 Å². The van der Waals surface area contributed by atoms with Crippen molar-refractivity contribution < 1.29 is 9.47 Å². The van der Waals surface area contributed by atoms with E-state index in [0.29, 0.717) is 13.2 Å². The van der Waals surface area contributed by atoms with Crippen molar-refractivity contribution >= 4 is 27.3 Å². The highest BCUT2D eigenvalue weighted by Crippen LogP contribution is 2.33. The van der Waals surface area contributed by atoms with E-state index in [1.54, 1.807) is 11.3 Å². The molecule has 1 saturated heterocycles. The molecule has 0 spiro atoms. The first-order chi connectivity index (χ1) is 5.38. The molecule has 0 amide bonds. The van der Waals surface area contributed by atoms with Gasteiger partial charge in [0.05, 0.1) is 17.0 Å². The number of halogens is 1. The second-order valence-electron chi connectivity index (χ2n) is 2.22. The highest BCUT2D eigenvalue weighted by atomic mass is 79.9. The summed E-state index contributed by atoms with van der Waals surface area (Å²) in [6.45, 7) is 1.40. The largest absolute Gasteiger partial charge is 0.346 e. The molecule has 1 fully saturated rings. The fourth-order valence-corrected chi connectivity index (χ4v) is 2.29. The standard InChI is InChI=1S/C7H7BrO2S/c8-6-5(1-4-11-6)7-9-2-3-10-7/h1,4,7H,2-3H2. The van der Waals surface area contributed by atoms with Crippen LogP contribution in [0.3, 0.4) is 0 Å². The van der Waals surface area contributed by atoms with Crippen LogP contribution in [-0.2, 0) is 9.47 Å². The van der Waals surface area contributed by atoms with Crippen LogP contribution in [0.5, 0.6) is 0 Å². The molecule has 0 N–H and O–H groups in total. The molecule has 2 rings (SSSR count). The molecule has 0 atom stereocenters. The maximum Gasteiger partial charge on any atom is 0.185 e. The quantitative estimate of drug-likeness (QED) is 0.744. The van der Waals surface area contributed by atoms with Crippen LogP contribution in [0.25, 0.3) is 0 Å². The molecule has 1 aromatic rings. The minimum atomic E-state index is -0.143. The van der Waals surface area contributed by atoms with Gasteiger partial charge in [0.15, 0.2) is 6.29 Å². The monoisotopic (exact) mass is 234 g/mol. The Labute approximate surface area is 77.3 Å². The van der Waals surface area contributed by atoms with Crippen molar-refractivity contribution in [3.05, 3.63) is 20.8 Å². The average molecular weight is 235 g/mol. The first-order valence-electron chi connectivity index (χ1n) is 3.34. The molecule has 0 bridgehead atoms. The molecule has 1 aliphatic rings. The van der Waals surface area contributed by atoms with Crippen molar-refractivity contribution in [1.29, 1.82) is 0 Å². The SMILES string of the molecule is Brc1sccc1C1OCCO1. The summed E-state index contributed by atoms with van der Waals surface area (Å²) in [7, 11) is 0. The van der Waals surface area contributed by atoms with Gasteiger partial charge >= 0.3 is 0 Å². The first kappa shape index (κ1) is 7.73. The van der Waals surface area contributed by atoms with Crippen LogP contribution in [-0.4, -0.2) is 13.2 Å². The lowest BCUT2D eigenvalue weighted by Gasteiger charge is -2.06. The Morgan fingerprint density at radius 3 is 2.73 bits per heavy atom. The van der Waals surface area contributed by atoms with Gasteiger partial charge in [-0.1, -0.05) is 0 Å². The molecule has 2 nitrogen and oxygen atoms in total. The smallest absolute Gasteiger partial charge is 0.185 e. The van der Waals surface area contributed by atoms with Gasteiger partial charge in [0.2, 0.25) is 0 Å². The van der Waals surface area contributed by atoms with E-state index in [-0.39, 0.29) is 6.29 Å². The van der Waals surface area contributed by atoms with Gasteiger partial charge in [-0.3, -0.25) is 0 Å². The van der Waals surface area contributed by atoms with Crippen LogP contribution in [0.1, 0.15) is 11.9 Å². The third kappa shape index (κ3) is 1.49. The second-order valence-corrected chi connectivity index (χ2v) is 4.46. The summed E-state index contributed by atoms with van der Waals surface area (Å²) in [4.78, 5) is 0. The third-order valence-corrected chi connectivity index (χ3v) is 3.26. The normalized spacial score (nSPS) is 19.4. The molecule has 1 aromatic heterocycles.